The maximum absolute atomic E-state index is 12.3. The zero-order chi connectivity index (χ0) is 17.6. The predicted molar refractivity (Wildman–Crippen MR) is 94.5 cm³/mol. The maximum Gasteiger partial charge on any atom is 0.326 e. The molecule has 0 bridgehead atoms. The number of carbonyl (C=O) groups excluding carboxylic acids is 2. The number of amides is 1. The Morgan fingerprint density at radius 2 is 1.88 bits per heavy atom. The lowest BCUT2D eigenvalue weighted by molar-refractivity contribution is -0.142. The van der Waals surface area contributed by atoms with Crippen molar-refractivity contribution in [3.63, 3.8) is 0 Å². The van der Waals surface area contributed by atoms with Crippen LogP contribution in [0, 0.1) is 0 Å². The van der Waals surface area contributed by atoms with Gasteiger partial charge in [-0.25, -0.2) is 0 Å². The third kappa shape index (κ3) is 3.99. The number of fused-ring (bicyclic) bond motifs is 1. The summed E-state index contributed by atoms with van der Waals surface area (Å²) >= 11 is 0. The highest BCUT2D eigenvalue weighted by Crippen LogP contribution is 2.35. The van der Waals surface area contributed by atoms with Gasteiger partial charge in [-0.05, 0) is 31.0 Å². The molecule has 0 fully saturated rings. The maximum atomic E-state index is 12.3. The molecule has 130 valence electrons. The Balaban J connectivity index is 1.80. The minimum atomic E-state index is -0.403. The third-order valence-electron chi connectivity index (χ3n) is 4.12. The summed E-state index contributed by atoms with van der Waals surface area (Å²) in [4.78, 5) is 25.6. The third-order valence-corrected chi connectivity index (χ3v) is 4.12. The first-order valence-electron chi connectivity index (χ1n) is 8.43. The van der Waals surface area contributed by atoms with E-state index in [4.69, 9.17) is 9.47 Å². The highest BCUT2D eigenvalue weighted by atomic mass is 16.5. The van der Waals surface area contributed by atoms with Gasteiger partial charge in [0, 0.05) is 12.0 Å². The first-order valence-corrected chi connectivity index (χ1v) is 8.43. The van der Waals surface area contributed by atoms with Crippen LogP contribution in [0.4, 0.5) is 5.69 Å². The standard InChI is InChI=1S/C20H21NO4/c1-2-24-20(23)13-21-17-9-6-10-18(16(17)11-12-19(21)22)25-14-15-7-4-3-5-8-15/h3-10H,2,11-14H2,1H3. The quantitative estimate of drug-likeness (QED) is 0.759. The molecule has 0 unspecified atom stereocenters. The number of hydrogen-bond acceptors (Lipinski definition) is 4. The molecule has 25 heavy (non-hydrogen) atoms. The summed E-state index contributed by atoms with van der Waals surface area (Å²) < 4.78 is 11.0. The summed E-state index contributed by atoms with van der Waals surface area (Å²) in [6, 6.07) is 15.5. The summed E-state index contributed by atoms with van der Waals surface area (Å²) in [7, 11) is 0. The van der Waals surface area contributed by atoms with Gasteiger partial charge >= 0.3 is 5.97 Å². The van der Waals surface area contributed by atoms with Crippen molar-refractivity contribution in [2.45, 2.75) is 26.4 Å². The van der Waals surface area contributed by atoms with Crippen molar-refractivity contribution in [3.05, 3.63) is 59.7 Å². The summed E-state index contributed by atoms with van der Waals surface area (Å²) in [5.74, 6) is 0.280. The average Bonchev–Trinajstić information content (AvgIpc) is 2.63. The van der Waals surface area contributed by atoms with Crippen LogP contribution in [-0.4, -0.2) is 25.0 Å². The van der Waals surface area contributed by atoms with Gasteiger partial charge < -0.3 is 14.4 Å². The van der Waals surface area contributed by atoms with Crippen LogP contribution in [0.3, 0.4) is 0 Å². The van der Waals surface area contributed by atoms with E-state index in [1.165, 1.54) is 4.90 Å². The van der Waals surface area contributed by atoms with Crippen LogP contribution in [-0.2, 0) is 27.4 Å². The number of hydrogen-bond donors (Lipinski definition) is 0. The zero-order valence-electron chi connectivity index (χ0n) is 14.2. The molecule has 0 saturated carbocycles. The molecule has 0 aliphatic carbocycles. The second kappa shape index (κ2) is 7.83. The van der Waals surface area contributed by atoms with Crippen molar-refractivity contribution >= 4 is 17.6 Å². The van der Waals surface area contributed by atoms with E-state index in [0.29, 0.717) is 26.1 Å². The normalized spacial score (nSPS) is 13.3. The predicted octanol–water partition coefficient (Wildman–Crippen LogP) is 3.11. The number of esters is 1. The Hall–Kier alpha value is -2.82. The van der Waals surface area contributed by atoms with Crippen molar-refractivity contribution in [3.8, 4) is 5.75 Å². The lowest BCUT2D eigenvalue weighted by Gasteiger charge is -2.29. The molecule has 0 N–H and O–H groups in total. The van der Waals surface area contributed by atoms with Gasteiger partial charge in [0.05, 0.1) is 12.3 Å². The van der Waals surface area contributed by atoms with E-state index in [1.54, 1.807) is 6.92 Å². The van der Waals surface area contributed by atoms with Crippen LogP contribution in [0.5, 0.6) is 5.75 Å². The number of nitrogens with zero attached hydrogens (tertiary/aromatic N) is 1. The molecule has 0 spiro atoms. The van der Waals surface area contributed by atoms with Crippen molar-refractivity contribution in [2.24, 2.45) is 0 Å². The lowest BCUT2D eigenvalue weighted by atomic mass is 10.00. The Morgan fingerprint density at radius 3 is 2.64 bits per heavy atom. The fourth-order valence-corrected chi connectivity index (χ4v) is 2.94. The molecule has 1 amide bonds. The Labute approximate surface area is 147 Å². The molecule has 2 aromatic rings. The molecular formula is C20H21NO4. The fraction of sp³-hybridized carbons (Fsp3) is 0.300. The molecule has 1 aliphatic rings. The van der Waals surface area contributed by atoms with Crippen LogP contribution < -0.4 is 9.64 Å². The molecule has 5 nitrogen and oxygen atoms in total. The van der Waals surface area contributed by atoms with E-state index in [1.807, 2.05) is 48.5 Å². The molecule has 0 atom stereocenters. The van der Waals surface area contributed by atoms with E-state index in [0.717, 1.165) is 22.6 Å². The number of benzene rings is 2. The summed E-state index contributed by atoms with van der Waals surface area (Å²) in [5.41, 5.74) is 2.77. The molecule has 2 aromatic carbocycles. The average molecular weight is 339 g/mol. The second-order valence-corrected chi connectivity index (χ2v) is 5.81. The van der Waals surface area contributed by atoms with Gasteiger partial charge in [-0.15, -0.1) is 0 Å². The molecule has 1 heterocycles. The van der Waals surface area contributed by atoms with Gasteiger partial charge in [0.1, 0.15) is 18.9 Å². The van der Waals surface area contributed by atoms with Crippen LogP contribution in [0.15, 0.2) is 48.5 Å². The highest BCUT2D eigenvalue weighted by Gasteiger charge is 2.28. The van der Waals surface area contributed by atoms with Gasteiger partial charge in [-0.3, -0.25) is 9.59 Å². The van der Waals surface area contributed by atoms with Crippen LogP contribution >= 0.6 is 0 Å². The van der Waals surface area contributed by atoms with Gasteiger partial charge in [0.15, 0.2) is 0 Å². The Kier molecular flexibility index (Phi) is 5.33. The summed E-state index contributed by atoms with van der Waals surface area (Å²) in [6.07, 6.45) is 0.969. The van der Waals surface area contributed by atoms with E-state index in [9.17, 15) is 9.59 Å². The Bertz CT molecular complexity index is 758. The van der Waals surface area contributed by atoms with Crippen LogP contribution in [0.25, 0.3) is 0 Å². The number of ether oxygens (including phenoxy) is 2. The topological polar surface area (TPSA) is 55.8 Å². The highest BCUT2D eigenvalue weighted by molar-refractivity contribution is 6.00. The second-order valence-electron chi connectivity index (χ2n) is 5.81. The van der Waals surface area contributed by atoms with Crippen LogP contribution in [0.1, 0.15) is 24.5 Å². The van der Waals surface area contributed by atoms with Gasteiger partial charge in [0.25, 0.3) is 0 Å². The lowest BCUT2D eigenvalue weighted by Crippen LogP contribution is -2.39. The fourth-order valence-electron chi connectivity index (χ4n) is 2.94. The van der Waals surface area contributed by atoms with Crippen molar-refractivity contribution in [1.82, 2.24) is 0 Å². The summed E-state index contributed by atoms with van der Waals surface area (Å²) in [6.45, 7) is 2.44. The van der Waals surface area contributed by atoms with Gasteiger partial charge in [-0.1, -0.05) is 36.4 Å². The largest absolute Gasteiger partial charge is 0.489 e. The molecule has 1 aliphatic heterocycles. The van der Waals surface area contributed by atoms with E-state index in [-0.39, 0.29) is 12.5 Å². The molecule has 0 radical (unpaired) electrons. The first-order chi connectivity index (χ1) is 12.2. The SMILES string of the molecule is CCOC(=O)CN1C(=O)CCc2c(OCc3ccccc3)cccc21. The minimum Gasteiger partial charge on any atom is -0.489 e. The van der Waals surface area contributed by atoms with E-state index in [2.05, 4.69) is 0 Å². The van der Waals surface area contributed by atoms with Gasteiger partial charge in [0.2, 0.25) is 5.91 Å². The molecular weight excluding hydrogens is 318 g/mol. The first kappa shape index (κ1) is 17.0. The number of rotatable bonds is 6. The summed E-state index contributed by atoms with van der Waals surface area (Å²) in [5, 5.41) is 0. The van der Waals surface area contributed by atoms with E-state index >= 15 is 0 Å². The minimum absolute atomic E-state index is 0.0676. The monoisotopic (exact) mass is 339 g/mol. The molecule has 5 heteroatoms. The molecule has 0 aromatic heterocycles. The van der Waals surface area contributed by atoms with Gasteiger partial charge in [-0.2, -0.15) is 0 Å². The number of anilines is 1. The smallest absolute Gasteiger partial charge is 0.326 e. The van der Waals surface area contributed by atoms with E-state index < -0.39 is 5.97 Å². The molecule has 0 saturated heterocycles. The number of carbonyl (C=O) groups is 2. The van der Waals surface area contributed by atoms with Crippen LogP contribution in [0.2, 0.25) is 0 Å². The van der Waals surface area contributed by atoms with Crippen molar-refractivity contribution < 1.29 is 19.1 Å². The zero-order valence-corrected chi connectivity index (χ0v) is 14.2. The Morgan fingerprint density at radius 1 is 1.08 bits per heavy atom. The van der Waals surface area contributed by atoms with Crippen molar-refractivity contribution in [1.29, 1.82) is 0 Å². The molecule has 3 rings (SSSR count). The van der Waals surface area contributed by atoms with Crippen molar-refractivity contribution in [2.75, 3.05) is 18.1 Å².